The second-order valence-electron chi connectivity index (χ2n) is 7.37. The number of aromatic nitrogens is 3. The largest absolute Gasteiger partial charge is 0.481 e. The Hall–Kier alpha value is -3.82. The number of nitrogens with zero attached hydrogens (tertiary/aromatic N) is 3. The predicted molar refractivity (Wildman–Crippen MR) is 114 cm³/mol. The Morgan fingerprint density at radius 1 is 1.25 bits per heavy atom. The van der Waals surface area contributed by atoms with Gasteiger partial charge in [0.05, 0.1) is 17.7 Å². The Morgan fingerprint density at radius 2 is 2.03 bits per heavy atom. The maximum absolute atomic E-state index is 14.8. The zero-order chi connectivity index (χ0) is 23.3. The Bertz CT molecular complexity index is 1130. The van der Waals surface area contributed by atoms with Gasteiger partial charge in [-0.1, -0.05) is 19.1 Å². The number of carboxylic acids is 1. The summed E-state index contributed by atoms with van der Waals surface area (Å²) in [4.78, 5) is 28.0. The zero-order valence-corrected chi connectivity index (χ0v) is 17.6. The zero-order valence-electron chi connectivity index (χ0n) is 17.6. The summed E-state index contributed by atoms with van der Waals surface area (Å²) < 4.78 is 29.7. The summed E-state index contributed by atoms with van der Waals surface area (Å²) in [6.07, 6.45) is 3.49. The highest BCUT2D eigenvalue weighted by molar-refractivity contribution is 5.99. The molecule has 32 heavy (non-hydrogen) atoms. The van der Waals surface area contributed by atoms with Crippen LogP contribution in [0.1, 0.15) is 22.8 Å². The van der Waals surface area contributed by atoms with Crippen LogP contribution >= 0.6 is 0 Å². The monoisotopic (exact) mass is 443 g/mol. The standard InChI is InChI=1S/C22H23F2N5O3/c1-13(22(31)32)10-26-21(30)17-9-18(24)19(15-11-27-29(2)12-15)28-20(17)25-7-6-14-4-3-5-16(23)8-14/h3-5,8-9,11-13H,6-7,10H2,1-2H3,(H,25,28)(H,26,30)(H,31,32)/t13-/m1/s1. The quantitative estimate of drug-likeness (QED) is 0.469. The van der Waals surface area contributed by atoms with E-state index in [4.69, 9.17) is 5.11 Å². The van der Waals surface area contributed by atoms with Crippen molar-refractivity contribution in [2.45, 2.75) is 13.3 Å². The topological polar surface area (TPSA) is 109 Å². The van der Waals surface area contributed by atoms with Crippen LogP contribution in [0.4, 0.5) is 14.6 Å². The minimum atomic E-state index is -1.06. The molecule has 0 saturated heterocycles. The number of aryl methyl sites for hydroxylation is 1. The Balaban J connectivity index is 1.85. The number of anilines is 1. The molecule has 0 radical (unpaired) electrons. The maximum Gasteiger partial charge on any atom is 0.308 e. The van der Waals surface area contributed by atoms with Gasteiger partial charge in [-0.3, -0.25) is 14.3 Å². The molecule has 2 heterocycles. The number of carbonyl (C=O) groups is 2. The minimum Gasteiger partial charge on any atom is -0.481 e. The number of rotatable bonds is 9. The second-order valence-corrected chi connectivity index (χ2v) is 7.37. The number of hydrogen-bond acceptors (Lipinski definition) is 5. The molecule has 0 saturated carbocycles. The van der Waals surface area contributed by atoms with Gasteiger partial charge in [-0.2, -0.15) is 5.10 Å². The van der Waals surface area contributed by atoms with Crippen LogP contribution in [0.2, 0.25) is 0 Å². The number of halogens is 2. The van der Waals surface area contributed by atoms with Gasteiger partial charge in [-0.15, -0.1) is 0 Å². The van der Waals surface area contributed by atoms with Crippen molar-refractivity contribution in [1.29, 1.82) is 0 Å². The van der Waals surface area contributed by atoms with E-state index in [0.717, 1.165) is 11.6 Å². The van der Waals surface area contributed by atoms with Gasteiger partial charge in [-0.05, 0) is 30.2 Å². The highest BCUT2D eigenvalue weighted by atomic mass is 19.1. The molecule has 0 bridgehead atoms. The highest BCUT2D eigenvalue weighted by Gasteiger charge is 2.20. The lowest BCUT2D eigenvalue weighted by Crippen LogP contribution is -2.32. The molecule has 2 aromatic heterocycles. The molecule has 10 heteroatoms. The fraction of sp³-hybridized carbons (Fsp3) is 0.273. The molecule has 0 spiro atoms. The molecule has 0 fully saturated rings. The maximum atomic E-state index is 14.8. The summed E-state index contributed by atoms with van der Waals surface area (Å²) in [6, 6.07) is 7.18. The van der Waals surface area contributed by atoms with E-state index >= 15 is 0 Å². The van der Waals surface area contributed by atoms with Gasteiger partial charge in [0.2, 0.25) is 0 Å². The smallest absolute Gasteiger partial charge is 0.308 e. The first-order chi connectivity index (χ1) is 15.2. The molecule has 0 aliphatic heterocycles. The number of benzene rings is 1. The molecule has 1 atom stereocenters. The third-order valence-electron chi connectivity index (χ3n) is 4.78. The van der Waals surface area contributed by atoms with Crippen molar-refractivity contribution in [1.82, 2.24) is 20.1 Å². The van der Waals surface area contributed by atoms with Crippen LogP contribution < -0.4 is 10.6 Å². The van der Waals surface area contributed by atoms with Crippen LogP contribution in [0.15, 0.2) is 42.7 Å². The lowest BCUT2D eigenvalue weighted by Gasteiger charge is -2.14. The lowest BCUT2D eigenvalue weighted by molar-refractivity contribution is -0.140. The van der Waals surface area contributed by atoms with Crippen LogP contribution in [0.25, 0.3) is 11.3 Å². The van der Waals surface area contributed by atoms with Gasteiger partial charge in [-0.25, -0.2) is 13.8 Å². The van der Waals surface area contributed by atoms with Crippen LogP contribution in [-0.4, -0.2) is 44.8 Å². The van der Waals surface area contributed by atoms with Gasteiger partial charge in [0.25, 0.3) is 5.91 Å². The van der Waals surface area contributed by atoms with Crippen molar-refractivity contribution < 1.29 is 23.5 Å². The number of amides is 1. The molecule has 168 valence electrons. The summed E-state index contributed by atoms with van der Waals surface area (Å²) in [5, 5.41) is 18.5. The van der Waals surface area contributed by atoms with E-state index in [1.165, 1.54) is 29.9 Å². The summed E-state index contributed by atoms with van der Waals surface area (Å²) in [5.74, 6) is -3.47. The van der Waals surface area contributed by atoms with Crippen LogP contribution in [0, 0.1) is 17.6 Å². The van der Waals surface area contributed by atoms with Gasteiger partial charge < -0.3 is 15.7 Å². The molecule has 8 nitrogen and oxygen atoms in total. The first-order valence-electron chi connectivity index (χ1n) is 9.93. The molecule has 3 rings (SSSR count). The summed E-state index contributed by atoms with van der Waals surface area (Å²) in [6.45, 7) is 1.63. The third-order valence-corrected chi connectivity index (χ3v) is 4.78. The first kappa shape index (κ1) is 22.9. The van der Waals surface area contributed by atoms with Crippen molar-refractivity contribution >= 4 is 17.7 Å². The van der Waals surface area contributed by atoms with Crippen LogP contribution in [0.3, 0.4) is 0 Å². The van der Waals surface area contributed by atoms with Crippen molar-refractivity contribution in [3.63, 3.8) is 0 Å². The summed E-state index contributed by atoms with van der Waals surface area (Å²) >= 11 is 0. The molecule has 1 amide bonds. The lowest BCUT2D eigenvalue weighted by atomic mass is 10.1. The van der Waals surface area contributed by atoms with Crippen molar-refractivity contribution in [2.24, 2.45) is 13.0 Å². The van der Waals surface area contributed by atoms with Gasteiger partial charge in [0.15, 0.2) is 5.82 Å². The van der Waals surface area contributed by atoms with Gasteiger partial charge in [0, 0.05) is 31.9 Å². The first-order valence-corrected chi connectivity index (χ1v) is 9.93. The number of nitrogens with one attached hydrogen (secondary N) is 2. The number of pyridine rings is 1. The highest BCUT2D eigenvalue weighted by Crippen LogP contribution is 2.25. The van der Waals surface area contributed by atoms with Crippen LogP contribution in [-0.2, 0) is 18.3 Å². The van der Waals surface area contributed by atoms with E-state index in [2.05, 4.69) is 20.7 Å². The Labute approximate surface area is 183 Å². The summed E-state index contributed by atoms with van der Waals surface area (Å²) in [7, 11) is 1.69. The Morgan fingerprint density at radius 3 is 2.69 bits per heavy atom. The number of aliphatic carboxylic acids is 1. The van der Waals surface area contributed by atoms with Gasteiger partial charge in [0.1, 0.15) is 17.3 Å². The van der Waals surface area contributed by atoms with Crippen LogP contribution in [0.5, 0.6) is 0 Å². The fourth-order valence-electron chi connectivity index (χ4n) is 2.99. The molecule has 3 N–H and O–H groups in total. The van der Waals surface area contributed by atoms with Crippen molar-refractivity contribution in [3.05, 3.63) is 65.5 Å². The van der Waals surface area contributed by atoms with E-state index in [0.29, 0.717) is 18.5 Å². The average molecular weight is 443 g/mol. The normalized spacial score (nSPS) is 11.8. The number of carbonyl (C=O) groups excluding carboxylic acids is 1. The van der Waals surface area contributed by atoms with Gasteiger partial charge >= 0.3 is 5.97 Å². The molecule has 0 aliphatic carbocycles. The number of carboxylic acid groups (broad SMARTS) is 1. The molecule has 0 aliphatic rings. The van der Waals surface area contributed by atoms with Crippen molar-refractivity contribution in [2.75, 3.05) is 18.4 Å². The second kappa shape index (κ2) is 9.99. The molecular weight excluding hydrogens is 420 g/mol. The van der Waals surface area contributed by atoms with E-state index in [1.807, 2.05) is 0 Å². The fourth-order valence-corrected chi connectivity index (χ4v) is 2.99. The molecule has 1 aromatic carbocycles. The predicted octanol–water partition coefficient (Wildman–Crippen LogP) is 2.87. The molecular formula is C22H23F2N5O3. The Kier molecular flexibility index (Phi) is 7.14. The van der Waals surface area contributed by atoms with E-state index in [-0.39, 0.29) is 29.4 Å². The summed E-state index contributed by atoms with van der Waals surface area (Å²) in [5.41, 5.74) is 1.13. The average Bonchev–Trinajstić information content (AvgIpc) is 3.18. The van der Waals surface area contributed by atoms with E-state index in [1.54, 1.807) is 25.4 Å². The van der Waals surface area contributed by atoms with E-state index < -0.39 is 23.6 Å². The third kappa shape index (κ3) is 5.65. The SMILES string of the molecule is C[C@H](CNC(=O)c1cc(F)c(-c2cnn(C)c2)nc1NCCc1cccc(F)c1)C(=O)O. The van der Waals surface area contributed by atoms with E-state index in [9.17, 15) is 18.4 Å². The molecule has 0 unspecified atom stereocenters. The van der Waals surface area contributed by atoms with Crippen molar-refractivity contribution in [3.8, 4) is 11.3 Å². The minimum absolute atomic E-state index is 0.0156. The molecule has 3 aromatic rings. The number of hydrogen-bond donors (Lipinski definition) is 3.